The van der Waals surface area contributed by atoms with Crippen LogP contribution in [0.1, 0.15) is 11.3 Å². The van der Waals surface area contributed by atoms with Gasteiger partial charge in [-0.05, 0) is 17.2 Å². The van der Waals surface area contributed by atoms with Crippen molar-refractivity contribution in [2.75, 3.05) is 0 Å². The van der Waals surface area contributed by atoms with Crippen molar-refractivity contribution in [1.29, 1.82) is 0 Å². The van der Waals surface area contributed by atoms with Crippen LogP contribution in [0.3, 0.4) is 0 Å². The van der Waals surface area contributed by atoms with E-state index >= 15 is 0 Å². The SMILES string of the molecule is c1ccc(Cc2cc(-c3ccccc3)[nH]n2)cc1. The Morgan fingerprint density at radius 2 is 1.50 bits per heavy atom. The van der Waals surface area contributed by atoms with Crippen LogP contribution < -0.4 is 0 Å². The van der Waals surface area contributed by atoms with Crippen LogP contribution >= 0.6 is 0 Å². The van der Waals surface area contributed by atoms with Crippen molar-refractivity contribution in [3.05, 3.63) is 78.0 Å². The molecule has 2 heteroatoms. The van der Waals surface area contributed by atoms with Crippen molar-refractivity contribution < 1.29 is 0 Å². The molecule has 0 saturated carbocycles. The van der Waals surface area contributed by atoms with E-state index in [1.807, 2.05) is 24.3 Å². The highest BCUT2D eigenvalue weighted by Gasteiger charge is 2.03. The summed E-state index contributed by atoms with van der Waals surface area (Å²) in [5.41, 5.74) is 4.59. The molecular formula is C16H14N2. The van der Waals surface area contributed by atoms with E-state index in [9.17, 15) is 0 Å². The predicted molar refractivity (Wildman–Crippen MR) is 73.3 cm³/mol. The van der Waals surface area contributed by atoms with Gasteiger partial charge in [-0.3, -0.25) is 5.10 Å². The van der Waals surface area contributed by atoms with E-state index in [0.29, 0.717) is 0 Å². The Kier molecular flexibility index (Phi) is 2.92. The van der Waals surface area contributed by atoms with E-state index < -0.39 is 0 Å². The lowest BCUT2D eigenvalue weighted by molar-refractivity contribution is 0.998. The van der Waals surface area contributed by atoms with Gasteiger partial charge < -0.3 is 0 Å². The molecule has 1 aromatic heterocycles. The minimum Gasteiger partial charge on any atom is -0.278 e. The number of aromatic nitrogens is 2. The lowest BCUT2D eigenvalue weighted by atomic mass is 10.1. The Labute approximate surface area is 106 Å². The first-order valence-corrected chi connectivity index (χ1v) is 6.05. The second-order valence-electron chi connectivity index (χ2n) is 4.30. The third kappa shape index (κ3) is 2.33. The third-order valence-electron chi connectivity index (χ3n) is 2.94. The summed E-state index contributed by atoms with van der Waals surface area (Å²) >= 11 is 0. The lowest BCUT2D eigenvalue weighted by Crippen LogP contribution is -1.87. The van der Waals surface area contributed by atoms with Gasteiger partial charge in [0.25, 0.3) is 0 Å². The molecule has 88 valence electrons. The summed E-state index contributed by atoms with van der Waals surface area (Å²) in [6, 6.07) is 22.8. The first-order valence-electron chi connectivity index (χ1n) is 6.05. The maximum atomic E-state index is 4.36. The van der Waals surface area contributed by atoms with E-state index in [1.54, 1.807) is 0 Å². The highest BCUT2D eigenvalue weighted by atomic mass is 15.1. The van der Waals surface area contributed by atoms with Gasteiger partial charge in [-0.1, -0.05) is 60.7 Å². The standard InChI is InChI=1S/C16H14N2/c1-3-7-13(8-4-1)11-15-12-16(18-17-15)14-9-5-2-6-10-14/h1-10,12H,11H2,(H,17,18). The molecule has 0 aliphatic rings. The lowest BCUT2D eigenvalue weighted by Gasteiger charge is -1.96. The molecule has 0 fully saturated rings. The van der Waals surface area contributed by atoms with E-state index in [-0.39, 0.29) is 0 Å². The minimum atomic E-state index is 0.865. The maximum absolute atomic E-state index is 4.36. The highest BCUT2D eigenvalue weighted by Crippen LogP contribution is 2.18. The smallest absolute Gasteiger partial charge is 0.0672 e. The summed E-state index contributed by atoms with van der Waals surface area (Å²) in [4.78, 5) is 0. The van der Waals surface area contributed by atoms with Crippen LogP contribution in [-0.2, 0) is 6.42 Å². The monoisotopic (exact) mass is 234 g/mol. The van der Waals surface area contributed by atoms with Crippen LogP contribution in [0.5, 0.6) is 0 Å². The van der Waals surface area contributed by atoms with Gasteiger partial charge in [0.2, 0.25) is 0 Å². The molecule has 0 amide bonds. The number of nitrogens with zero attached hydrogens (tertiary/aromatic N) is 1. The molecule has 3 rings (SSSR count). The summed E-state index contributed by atoms with van der Waals surface area (Å²) in [5, 5.41) is 7.46. The molecule has 18 heavy (non-hydrogen) atoms. The molecule has 0 radical (unpaired) electrons. The van der Waals surface area contributed by atoms with Crippen molar-refractivity contribution in [3.63, 3.8) is 0 Å². The number of benzene rings is 2. The summed E-state index contributed by atoms with van der Waals surface area (Å²) in [5.74, 6) is 0. The number of hydrogen-bond acceptors (Lipinski definition) is 1. The van der Waals surface area contributed by atoms with Crippen molar-refractivity contribution in [2.45, 2.75) is 6.42 Å². The van der Waals surface area contributed by atoms with Crippen molar-refractivity contribution in [1.82, 2.24) is 10.2 Å². The fraction of sp³-hybridized carbons (Fsp3) is 0.0625. The number of hydrogen-bond donors (Lipinski definition) is 1. The van der Waals surface area contributed by atoms with Gasteiger partial charge in [0.15, 0.2) is 0 Å². The fourth-order valence-electron chi connectivity index (χ4n) is 2.02. The van der Waals surface area contributed by atoms with E-state index in [4.69, 9.17) is 0 Å². The van der Waals surface area contributed by atoms with Gasteiger partial charge in [0.05, 0.1) is 11.4 Å². The summed E-state index contributed by atoms with van der Waals surface area (Å²) < 4.78 is 0. The molecule has 3 aromatic rings. The zero-order valence-electron chi connectivity index (χ0n) is 10.0. The Bertz CT molecular complexity index is 612. The fourth-order valence-corrected chi connectivity index (χ4v) is 2.02. The number of aromatic amines is 1. The van der Waals surface area contributed by atoms with Gasteiger partial charge in [-0.25, -0.2) is 0 Å². The van der Waals surface area contributed by atoms with Gasteiger partial charge in [0, 0.05) is 6.42 Å². The van der Waals surface area contributed by atoms with Gasteiger partial charge in [-0.2, -0.15) is 5.10 Å². The summed E-state index contributed by atoms with van der Waals surface area (Å²) in [7, 11) is 0. The normalized spacial score (nSPS) is 10.4. The predicted octanol–water partition coefficient (Wildman–Crippen LogP) is 3.67. The molecule has 0 spiro atoms. The first-order chi connectivity index (χ1) is 8.92. The molecule has 1 N–H and O–H groups in total. The van der Waals surface area contributed by atoms with Crippen LogP contribution in [0.4, 0.5) is 0 Å². The maximum Gasteiger partial charge on any atom is 0.0672 e. The molecule has 0 saturated heterocycles. The van der Waals surface area contributed by atoms with E-state index in [1.165, 1.54) is 11.1 Å². The summed E-state index contributed by atoms with van der Waals surface area (Å²) in [6.45, 7) is 0. The first kappa shape index (κ1) is 10.8. The van der Waals surface area contributed by atoms with Gasteiger partial charge in [-0.15, -0.1) is 0 Å². The molecule has 2 nitrogen and oxygen atoms in total. The van der Waals surface area contributed by atoms with E-state index in [0.717, 1.165) is 17.8 Å². The number of rotatable bonds is 3. The average Bonchev–Trinajstić information content (AvgIpc) is 2.89. The second kappa shape index (κ2) is 4.88. The minimum absolute atomic E-state index is 0.865. The van der Waals surface area contributed by atoms with E-state index in [2.05, 4.69) is 52.7 Å². The Morgan fingerprint density at radius 1 is 0.833 bits per heavy atom. The third-order valence-corrected chi connectivity index (χ3v) is 2.94. The molecule has 0 atom stereocenters. The van der Waals surface area contributed by atoms with Crippen molar-refractivity contribution in [2.24, 2.45) is 0 Å². The zero-order chi connectivity index (χ0) is 12.2. The highest BCUT2D eigenvalue weighted by molar-refractivity contribution is 5.59. The molecular weight excluding hydrogens is 220 g/mol. The Morgan fingerprint density at radius 3 is 2.22 bits per heavy atom. The van der Waals surface area contributed by atoms with Crippen LogP contribution in [0.2, 0.25) is 0 Å². The molecule has 0 aliphatic heterocycles. The van der Waals surface area contributed by atoms with Crippen molar-refractivity contribution in [3.8, 4) is 11.3 Å². The molecule has 0 unspecified atom stereocenters. The largest absolute Gasteiger partial charge is 0.278 e. The van der Waals surface area contributed by atoms with Crippen LogP contribution in [0, 0.1) is 0 Å². The molecule has 0 bridgehead atoms. The van der Waals surface area contributed by atoms with Gasteiger partial charge in [0.1, 0.15) is 0 Å². The van der Waals surface area contributed by atoms with Crippen molar-refractivity contribution >= 4 is 0 Å². The second-order valence-corrected chi connectivity index (χ2v) is 4.30. The Hall–Kier alpha value is -2.35. The quantitative estimate of drug-likeness (QED) is 0.736. The van der Waals surface area contributed by atoms with Gasteiger partial charge >= 0.3 is 0 Å². The van der Waals surface area contributed by atoms with Crippen LogP contribution in [0.25, 0.3) is 11.3 Å². The number of nitrogens with one attached hydrogen (secondary N) is 1. The Balaban J connectivity index is 1.82. The topological polar surface area (TPSA) is 28.7 Å². The molecule has 2 aromatic carbocycles. The summed E-state index contributed by atoms with van der Waals surface area (Å²) in [6.07, 6.45) is 0.865. The zero-order valence-corrected chi connectivity index (χ0v) is 10.0. The average molecular weight is 234 g/mol. The molecule has 1 heterocycles. The van der Waals surface area contributed by atoms with Crippen LogP contribution in [0.15, 0.2) is 66.7 Å². The molecule has 0 aliphatic carbocycles. The van der Waals surface area contributed by atoms with Crippen LogP contribution in [-0.4, -0.2) is 10.2 Å². The number of H-pyrrole nitrogens is 1.